The van der Waals surface area contributed by atoms with Gasteiger partial charge < -0.3 is 13.7 Å². The zero-order valence-corrected chi connectivity index (χ0v) is 39.0. The Balaban J connectivity index is 1.45. The van der Waals surface area contributed by atoms with Crippen LogP contribution in [0.5, 0.6) is 0 Å². The molecule has 314 valence electrons. The van der Waals surface area contributed by atoms with E-state index in [-0.39, 0.29) is 21.7 Å². The van der Waals surface area contributed by atoms with Gasteiger partial charge in [0.25, 0.3) is 0 Å². The van der Waals surface area contributed by atoms with Gasteiger partial charge in [-0.1, -0.05) is 144 Å². The Morgan fingerprint density at radius 3 is 1.13 bits per heavy atom. The van der Waals surface area contributed by atoms with E-state index in [1.807, 2.05) is 0 Å². The minimum atomic E-state index is -0.0368. The molecule has 0 bridgehead atoms. The first-order chi connectivity index (χ1) is 29.8. The summed E-state index contributed by atoms with van der Waals surface area (Å²) in [5.74, 6) is 0. The molecular formula is C59H58N4. The van der Waals surface area contributed by atoms with Crippen LogP contribution in [0.15, 0.2) is 133 Å². The second-order valence-corrected chi connectivity index (χ2v) is 21.9. The number of nitrogens with zero attached hydrogens (tertiary/aromatic N) is 4. The Hall–Kier alpha value is -6.57. The van der Waals surface area contributed by atoms with Crippen molar-refractivity contribution in [3.05, 3.63) is 167 Å². The van der Waals surface area contributed by atoms with Crippen molar-refractivity contribution in [2.24, 2.45) is 0 Å². The van der Waals surface area contributed by atoms with Gasteiger partial charge >= 0.3 is 0 Å². The SMILES string of the molecule is [C-]#[N+]c1c(-n2c3ccc(C(C)(C)C)cc3c3cc(C(C)(C)C)ccc32)cc(-n2c3ccc(C(C)(C)C)cc3c3cc(C(C)(C)C)ccc32)c2c3ccccc3n(-c3ccccc3)c12. The van der Waals surface area contributed by atoms with Gasteiger partial charge in [-0.2, -0.15) is 0 Å². The van der Waals surface area contributed by atoms with Crippen LogP contribution in [0, 0.1) is 6.57 Å². The van der Waals surface area contributed by atoms with Crippen LogP contribution in [0.2, 0.25) is 0 Å². The van der Waals surface area contributed by atoms with Gasteiger partial charge in [-0.05, 0) is 117 Å². The van der Waals surface area contributed by atoms with Crippen molar-refractivity contribution in [1.82, 2.24) is 13.7 Å². The molecule has 3 aromatic heterocycles. The summed E-state index contributed by atoms with van der Waals surface area (Å²) in [7, 11) is 0. The molecule has 4 heteroatoms. The normalized spacial score (nSPS) is 13.1. The van der Waals surface area contributed by atoms with Crippen molar-refractivity contribution in [2.75, 3.05) is 0 Å². The molecule has 10 aromatic rings. The summed E-state index contributed by atoms with van der Waals surface area (Å²) in [4.78, 5) is 4.59. The van der Waals surface area contributed by atoms with Gasteiger partial charge in [0, 0.05) is 38.0 Å². The van der Waals surface area contributed by atoms with Crippen LogP contribution in [0.3, 0.4) is 0 Å². The molecule has 7 aromatic carbocycles. The van der Waals surface area contributed by atoms with E-state index < -0.39 is 0 Å². The van der Waals surface area contributed by atoms with Crippen molar-refractivity contribution in [1.29, 1.82) is 0 Å². The van der Waals surface area contributed by atoms with E-state index >= 15 is 0 Å². The van der Waals surface area contributed by atoms with Crippen molar-refractivity contribution in [3.63, 3.8) is 0 Å². The Morgan fingerprint density at radius 2 is 0.730 bits per heavy atom. The zero-order chi connectivity index (χ0) is 44.5. The number of para-hydroxylation sites is 2. The number of hydrogen-bond donors (Lipinski definition) is 0. The smallest absolute Gasteiger partial charge is 0.234 e. The molecule has 0 saturated carbocycles. The maximum Gasteiger partial charge on any atom is 0.234 e. The summed E-state index contributed by atoms with van der Waals surface area (Å²) in [6, 6.07) is 49.7. The minimum Gasteiger partial charge on any atom is -0.319 e. The van der Waals surface area contributed by atoms with Crippen molar-refractivity contribution in [2.45, 2.75) is 105 Å². The molecule has 0 atom stereocenters. The predicted molar refractivity (Wildman–Crippen MR) is 271 cm³/mol. The Morgan fingerprint density at radius 1 is 0.365 bits per heavy atom. The van der Waals surface area contributed by atoms with Gasteiger partial charge in [0.05, 0.1) is 51.0 Å². The highest BCUT2D eigenvalue weighted by molar-refractivity contribution is 6.21. The molecule has 0 amide bonds. The second kappa shape index (κ2) is 13.7. The van der Waals surface area contributed by atoms with Crippen LogP contribution < -0.4 is 0 Å². The number of benzene rings is 7. The fourth-order valence-corrected chi connectivity index (χ4v) is 9.85. The van der Waals surface area contributed by atoms with Crippen LogP contribution in [-0.2, 0) is 21.7 Å². The molecule has 10 rings (SSSR count). The Kier molecular flexibility index (Phi) is 8.82. The number of fused-ring (bicyclic) bond motifs is 9. The van der Waals surface area contributed by atoms with Gasteiger partial charge in [-0.25, -0.2) is 4.85 Å². The lowest BCUT2D eigenvalue weighted by Crippen LogP contribution is -2.10. The molecule has 0 fully saturated rings. The van der Waals surface area contributed by atoms with Crippen molar-refractivity contribution in [3.8, 4) is 17.1 Å². The third kappa shape index (κ3) is 6.30. The Bertz CT molecular complexity index is 3390. The van der Waals surface area contributed by atoms with Crippen LogP contribution in [0.1, 0.15) is 105 Å². The van der Waals surface area contributed by atoms with E-state index in [0.29, 0.717) is 5.69 Å². The predicted octanol–water partition coefficient (Wildman–Crippen LogP) is 16.7. The molecule has 3 heterocycles. The maximum atomic E-state index is 9.21. The summed E-state index contributed by atoms with van der Waals surface area (Å²) >= 11 is 0. The fourth-order valence-electron chi connectivity index (χ4n) is 9.85. The molecule has 0 radical (unpaired) electrons. The van der Waals surface area contributed by atoms with Crippen LogP contribution in [0.4, 0.5) is 5.69 Å². The van der Waals surface area contributed by atoms with Gasteiger partial charge in [0.15, 0.2) is 0 Å². The lowest BCUT2D eigenvalue weighted by Gasteiger charge is -2.21. The molecule has 0 N–H and O–H groups in total. The monoisotopic (exact) mass is 822 g/mol. The van der Waals surface area contributed by atoms with E-state index in [0.717, 1.165) is 60.9 Å². The van der Waals surface area contributed by atoms with Gasteiger partial charge in [-0.15, -0.1) is 0 Å². The fraction of sp³-hybridized carbons (Fsp3) is 0.271. The zero-order valence-electron chi connectivity index (χ0n) is 39.0. The number of rotatable bonds is 3. The third-order valence-corrected chi connectivity index (χ3v) is 13.5. The quantitative estimate of drug-likeness (QED) is 0.158. The van der Waals surface area contributed by atoms with Gasteiger partial charge in [0.2, 0.25) is 5.69 Å². The minimum absolute atomic E-state index is 0.0265. The number of aromatic nitrogens is 3. The molecule has 4 nitrogen and oxygen atoms in total. The van der Waals surface area contributed by atoms with E-state index in [1.165, 1.54) is 43.8 Å². The highest BCUT2D eigenvalue weighted by Gasteiger charge is 2.29. The summed E-state index contributed by atoms with van der Waals surface area (Å²) in [5, 5.41) is 7.05. The molecular weight excluding hydrogens is 765 g/mol. The van der Waals surface area contributed by atoms with E-state index in [9.17, 15) is 6.57 Å². The highest BCUT2D eigenvalue weighted by Crippen LogP contribution is 2.49. The van der Waals surface area contributed by atoms with Gasteiger partial charge in [-0.3, -0.25) is 0 Å². The first kappa shape index (κ1) is 40.5. The standard InChI is InChI=1S/C59H58N4/c1-56(2,3)36-23-27-47-42(31-36)43-32-37(57(4,5)6)24-28-48(43)62(47)51-35-52(54(60-13)55-53(51)41-21-17-18-22-46(41)61(55)40-19-15-14-16-20-40)63-49-29-25-38(58(7,8)9)33-44(49)45-34-39(59(10,11)12)26-30-50(45)63/h14-35H,1-12H3. The molecule has 0 unspecified atom stereocenters. The average Bonchev–Trinajstić information content (AvgIpc) is 3.87. The van der Waals surface area contributed by atoms with Gasteiger partial charge in [0.1, 0.15) is 0 Å². The first-order valence-corrected chi connectivity index (χ1v) is 22.5. The second-order valence-electron chi connectivity index (χ2n) is 21.9. The lowest BCUT2D eigenvalue weighted by atomic mass is 9.85. The Labute approximate surface area is 372 Å². The average molecular weight is 823 g/mol. The van der Waals surface area contributed by atoms with E-state index in [4.69, 9.17) is 0 Å². The first-order valence-electron chi connectivity index (χ1n) is 22.5. The number of hydrogen-bond acceptors (Lipinski definition) is 0. The van der Waals surface area contributed by atoms with E-state index in [1.54, 1.807) is 0 Å². The van der Waals surface area contributed by atoms with Crippen molar-refractivity contribution < 1.29 is 0 Å². The maximum absolute atomic E-state index is 9.21. The molecule has 0 aliphatic rings. The molecule has 0 aliphatic heterocycles. The van der Waals surface area contributed by atoms with Crippen LogP contribution in [0.25, 0.3) is 87.3 Å². The molecule has 63 heavy (non-hydrogen) atoms. The summed E-state index contributed by atoms with van der Waals surface area (Å²) < 4.78 is 7.21. The summed E-state index contributed by atoms with van der Waals surface area (Å²) in [5.41, 5.74) is 15.1. The summed E-state index contributed by atoms with van der Waals surface area (Å²) in [6.07, 6.45) is 0. The summed E-state index contributed by atoms with van der Waals surface area (Å²) in [6.45, 7) is 36.7. The molecule has 0 saturated heterocycles. The molecule has 0 spiro atoms. The highest BCUT2D eigenvalue weighted by atomic mass is 15.1. The van der Waals surface area contributed by atoms with E-state index in [2.05, 4.69) is 235 Å². The largest absolute Gasteiger partial charge is 0.319 e. The topological polar surface area (TPSA) is 19.1 Å². The van der Waals surface area contributed by atoms with Crippen LogP contribution >= 0.6 is 0 Å². The molecule has 0 aliphatic carbocycles. The van der Waals surface area contributed by atoms with Crippen molar-refractivity contribution >= 4 is 71.1 Å². The third-order valence-electron chi connectivity index (χ3n) is 13.5. The lowest BCUT2D eigenvalue weighted by molar-refractivity contribution is 0.590. The van der Waals surface area contributed by atoms with Crippen LogP contribution in [-0.4, -0.2) is 13.7 Å².